The zero-order chi connectivity index (χ0) is 13.0. The number of carbonyl (C=O) groups excluding carboxylic acids is 2. The standard InChI is InChI=1S/C11H22N4O2/c1-5-14(4)11(17)15-7-6-12-8-9(15)10(16)13(2)3/h9,12H,5-8H2,1-4H3. The van der Waals surface area contributed by atoms with Crippen LogP contribution in [-0.4, -0.2) is 80.0 Å². The molecule has 3 amide bonds. The maximum Gasteiger partial charge on any atom is 0.320 e. The van der Waals surface area contributed by atoms with Gasteiger partial charge in [0, 0.05) is 47.3 Å². The molecule has 1 aliphatic heterocycles. The van der Waals surface area contributed by atoms with Crippen molar-refractivity contribution in [3.63, 3.8) is 0 Å². The Balaban J connectivity index is 2.79. The molecule has 6 heteroatoms. The van der Waals surface area contributed by atoms with Gasteiger partial charge in [0.05, 0.1) is 0 Å². The number of rotatable bonds is 2. The molecule has 1 aliphatic rings. The monoisotopic (exact) mass is 242 g/mol. The van der Waals surface area contributed by atoms with Gasteiger partial charge in [-0.05, 0) is 6.92 Å². The lowest BCUT2D eigenvalue weighted by molar-refractivity contribution is -0.134. The van der Waals surface area contributed by atoms with Crippen LogP contribution >= 0.6 is 0 Å². The molecule has 0 aromatic carbocycles. The topological polar surface area (TPSA) is 55.9 Å². The summed E-state index contributed by atoms with van der Waals surface area (Å²) in [4.78, 5) is 28.9. The third kappa shape index (κ3) is 3.09. The molecular formula is C11H22N4O2. The molecule has 1 atom stereocenters. The van der Waals surface area contributed by atoms with Crippen molar-refractivity contribution in [3.05, 3.63) is 0 Å². The average Bonchev–Trinajstić information content (AvgIpc) is 2.35. The molecule has 17 heavy (non-hydrogen) atoms. The summed E-state index contributed by atoms with van der Waals surface area (Å²) in [6.45, 7) is 4.41. The molecule has 0 spiro atoms. The Morgan fingerprint density at radius 3 is 2.53 bits per heavy atom. The second kappa shape index (κ2) is 5.86. The summed E-state index contributed by atoms with van der Waals surface area (Å²) < 4.78 is 0. The summed E-state index contributed by atoms with van der Waals surface area (Å²) in [7, 11) is 5.17. The van der Waals surface area contributed by atoms with Crippen molar-refractivity contribution in [3.8, 4) is 0 Å². The van der Waals surface area contributed by atoms with Gasteiger partial charge in [-0.25, -0.2) is 4.79 Å². The van der Waals surface area contributed by atoms with Gasteiger partial charge in [0.1, 0.15) is 6.04 Å². The number of urea groups is 1. The van der Waals surface area contributed by atoms with Crippen LogP contribution in [0.4, 0.5) is 4.79 Å². The predicted octanol–water partition coefficient (Wildman–Crippen LogP) is -0.580. The Hall–Kier alpha value is -1.30. The SMILES string of the molecule is CCN(C)C(=O)N1CCNCC1C(=O)N(C)C. The lowest BCUT2D eigenvalue weighted by Crippen LogP contribution is -2.61. The molecule has 1 saturated heterocycles. The van der Waals surface area contributed by atoms with Crippen LogP contribution < -0.4 is 5.32 Å². The van der Waals surface area contributed by atoms with Gasteiger partial charge < -0.3 is 20.0 Å². The number of nitrogens with one attached hydrogen (secondary N) is 1. The first-order valence-electron chi connectivity index (χ1n) is 5.92. The number of piperazine rings is 1. The fraction of sp³-hybridized carbons (Fsp3) is 0.818. The van der Waals surface area contributed by atoms with E-state index in [1.165, 1.54) is 4.90 Å². The van der Waals surface area contributed by atoms with Crippen LogP contribution in [0, 0.1) is 0 Å². The van der Waals surface area contributed by atoms with E-state index in [1.807, 2.05) is 6.92 Å². The van der Waals surface area contributed by atoms with Crippen molar-refractivity contribution in [1.82, 2.24) is 20.0 Å². The van der Waals surface area contributed by atoms with Crippen molar-refractivity contribution in [1.29, 1.82) is 0 Å². The van der Waals surface area contributed by atoms with E-state index in [4.69, 9.17) is 0 Å². The largest absolute Gasteiger partial charge is 0.347 e. The first kappa shape index (κ1) is 13.8. The molecule has 0 aromatic rings. The van der Waals surface area contributed by atoms with Crippen molar-refractivity contribution in [2.24, 2.45) is 0 Å². The van der Waals surface area contributed by atoms with Crippen molar-refractivity contribution in [2.75, 3.05) is 47.3 Å². The van der Waals surface area contributed by atoms with E-state index in [0.29, 0.717) is 19.6 Å². The maximum absolute atomic E-state index is 12.1. The zero-order valence-electron chi connectivity index (χ0n) is 11.1. The van der Waals surface area contributed by atoms with Crippen LogP contribution in [0.2, 0.25) is 0 Å². The molecule has 0 radical (unpaired) electrons. The summed E-state index contributed by atoms with van der Waals surface area (Å²) in [5.41, 5.74) is 0. The van der Waals surface area contributed by atoms with E-state index in [0.717, 1.165) is 6.54 Å². The summed E-state index contributed by atoms with van der Waals surface area (Å²) in [6.07, 6.45) is 0. The molecule has 1 heterocycles. The van der Waals surface area contributed by atoms with E-state index < -0.39 is 0 Å². The quantitative estimate of drug-likeness (QED) is 0.705. The molecule has 1 fully saturated rings. The lowest BCUT2D eigenvalue weighted by Gasteiger charge is -2.38. The zero-order valence-corrected chi connectivity index (χ0v) is 11.1. The Morgan fingerprint density at radius 2 is 2.00 bits per heavy atom. The highest BCUT2D eigenvalue weighted by atomic mass is 16.2. The molecule has 1 unspecified atom stereocenters. The van der Waals surface area contributed by atoms with Crippen LogP contribution in [0.1, 0.15) is 6.92 Å². The Kier molecular flexibility index (Phi) is 4.74. The minimum atomic E-state index is -0.389. The van der Waals surface area contributed by atoms with E-state index >= 15 is 0 Å². The highest BCUT2D eigenvalue weighted by molar-refractivity contribution is 5.87. The molecule has 0 saturated carbocycles. The number of amides is 3. The highest BCUT2D eigenvalue weighted by Crippen LogP contribution is 2.09. The summed E-state index contributed by atoms with van der Waals surface area (Å²) in [5, 5.41) is 3.15. The normalized spacial score (nSPS) is 20.0. The maximum atomic E-state index is 12.1. The average molecular weight is 242 g/mol. The first-order valence-corrected chi connectivity index (χ1v) is 5.92. The summed E-state index contributed by atoms with van der Waals surface area (Å²) in [5.74, 6) is -0.0324. The van der Waals surface area contributed by atoms with Gasteiger partial charge in [-0.3, -0.25) is 4.79 Å². The Morgan fingerprint density at radius 1 is 1.35 bits per heavy atom. The van der Waals surface area contributed by atoms with E-state index in [-0.39, 0.29) is 18.0 Å². The Labute approximate surface area is 103 Å². The second-order valence-electron chi connectivity index (χ2n) is 4.44. The van der Waals surface area contributed by atoms with Crippen LogP contribution in [0.3, 0.4) is 0 Å². The van der Waals surface area contributed by atoms with Crippen molar-refractivity contribution < 1.29 is 9.59 Å². The van der Waals surface area contributed by atoms with Gasteiger partial charge >= 0.3 is 6.03 Å². The van der Waals surface area contributed by atoms with Gasteiger partial charge in [0.2, 0.25) is 5.91 Å². The second-order valence-corrected chi connectivity index (χ2v) is 4.44. The van der Waals surface area contributed by atoms with Crippen LogP contribution in [0.15, 0.2) is 0 Å². The molecule has 6 nitrogen and oxygen atoms in total. The summed E-state index contributed by atoms with van der Waals surface area (Å²) >= 11 is 0. The molecule has 0 bridgehead atoms. The number of hydrogen-bond donors (Lipinski definition) is 1. The minimum Gasteiger partial charge on any atom is -0.347 e. The number of nitrogens with zero attached hydrogens (tertiary/aromatic N) is 3. The smallest absolute Gasteiger partial charge is 0.320 e. The van der Waals surface area contributed by atoms with Crippen LogP contribution in [0.25, 0.3) is 0 Å². The van der Waals surface area contributed by atoms with Crippen LogP contribution in [0.5, 0.6) is 0 Å². The summed E-state index contributed by atoms with van der Waals surface area (Å²) in [6, 6.07) is -0.463. The minimum absolute atomic E-state index is 0.0324. The third-order valence-electron chi connectivity index (χ3n) is 3.02. The highest BCUT2D eigenvalue weighted by Gasteiger charge is 2.33. The molecule has 1 rings (SSSR count). The molecule has 0 aliphatic carbocycles. The number of likely N-dealkylation sites (N-methyl/N-ethyl adjacent to an activating group) is 1. The van der Waals surface area contributed by atoms with Crippen molar-refractivity contribution >= 4 is 11.9 Å². The van der Waals surface area contributed by atoms with Gasteiger partial charge in [-0.1, -0.05) is 0 Å². The van der Waals surface area contributed by atoms with Crippen LogP contribution in [-0.2, 0) is 4.79 Å². The first-order chi connectivity index (χ1) is 7.99. The van der Waals surface area contributed by atoms with Gasteiger partial charge in [0.15, 0.2) is 0 Å². The molecule has 0 aromatic heterocycles. The van der Waals surface area contributed by atoms with Gasteiger partial charge in [-0.2, -0.15) is 0 Å². The number of carbonyl (C=O) groups is 2. The third-order valence-corrected chi connectivity index (χ3v) is 3.02. The lowest BCUT2D eigenvalue weighted by atomic mass is 10.1. The fourth-order valence-corrected chi connectivity index (χ4v) is 1.81. The van der Waals surface area contributed by atoms with E-state index in [1.54, 1.807) is 30.9 Å². The van der Waals surface area contributed by atoms with Crippen molar-refractivity contribution in [2.45, 2.75) is 13.0 Å². The van der Waals surface area contributed by atoms with Gasteiger partial charge in [0.25, 0.3) is 0 Å². The molecular weight excluding hydrogens is 220 g/mol. The van der Waals surface area contributed by atoms with Gasteiger partial charge in [-0.15, -0.1) is 0 Å². The number of hydrogen-bond acceptors (Lipinski definition) is 3. The molecule has 1 N–H and O–H groups in total. The van der Waals surface area contributed by atoms with E-state index in [9.17, 15) is 9.59 Å². The van der Waals surface area contributed by atoms with E-state index in [2.05, 4.69) is 5.32 Å². The fourth-order valence-electron chi connectivity index (χ4n) is 1.81. The Bertz CT molecular complexity index is 293. The predicted molar refractivity (Wildman–Crippen MR) is 65.8 cm³/mol. The molecule has 98 valence electrons.